The van der Waals surface area contributed by atoms with Crippen molar-refractivity contribution in [1.29, 1.82) is 0 Å². The predicted octanol–water partition coefficient (Wildman–Crippen LogP) is 2.55. The summed E-state index contributed by atoms with van der Waals surface area (Å²) < 4.78 is 0. The molecule has 21 heavy (non-hydrogen) atoms. The molecule has 1 aliphatic heterocycles. The number of hydrogen-bond acceptors (Lipinski definition) is 3. The molecule has 1 saturated heterocycles. The molecular weight excluding hydrogens is 309 g/mol. The van der Waals surface area contributed by atoms with Crippen molar-refractivity contribution in [2.45, 2.75) is 52.5 Å². The van der Waals surface area contributed by atoms with Gasteiger partial charge in [0.05, 0.1) is 0 Å². The van der Waals surface area contributed by atoms with E-state index in [1.54, 1.807) is 0 Å². The van der Waals surface area contributed by atoms with Gasteiger partial charge in [0.1, 0.15) is 0 Å². The minimum absolute atomic E-state index is 0. The Morgan fingerprint density at radius 1 is 1.19 bits per heavy atom. The number of nitrogens with zero attached hydrogens (tertiary/aromatic N) is 2. The van der Waals surface area contributed by atoms with E-state index >= 15 is 0 Å². The van der Waals surface area contributed by atoms with Gasteiger partial charge in [0.25, 0.3) is 0 Å². The van der Waals surface area contributed by atoms with E-state index in [0.29, 0.717) is 18.4 Å². The molecule has 1 aliphatic rings. The molecule has 1 amide bonds. The van der Waals surface area contributed by atoms with Gasteiger partial charge in [0, 0.05) is 32.1 Å². The molecule has 0 aliphatic carbocycles. The lowest BCUT2D eigenvalue weighted by Crippen LogP contribution is -2.52. The summed E-state index contributed by atoms with van der Waals surface area (Å²) in [4.78, 5) is 16.7. The van der Waals surface area contributed by atoms with Crippen molar-refractivity contribution in [3.8, 4) is 0 Å². The summed E-state index contributed by atoms with van der Waals surface area (Å²) in [5.74, 6) is 0.335. The molecule has 128 valence electrons. The van der Waals surface area contributed by atoms with Crippen LogP contribution in [0.1, 0.15) is 46.5 Å². The lowest BCUT2D eigenvalue weighted by molar-refractivity contribution is -0.134. The smallest absolute Gasteiger partial charge is 0.222 e. The van der Waals surface area contributed by atoms with Crippen LogP contribution in [0.4, 0.5) is 0 Å². The highest BCUT2D eigenvalue weighted by Crippen LogP contribution is 2.07. The number of nitrogens with one attached hydrogen (secondary N) is 1. The Labute approximate surface area is 142 Å². The van der Waals surface area contributed by atoms with Crippen LogP contribution in [0.25, 0.3) is 0 Å². The Balaban J connectivity index is 0. The van der Waals surface area contributed by atoms with Gasteiger partial charge in [-0.15, -0.1) is 24.8 Å². The Hall–Kier alpha value is -0.0300. The van der Waals surface area contributed by atoms with Crippen LogP contribution in [0.15, 0.2) is 0 Å². The largest absolute Gasteiger partial charge is 0.337 e. The monoisotopic (exact) mass is 341 g/mol. The summed E-state index contributed by atoms with van der Waals surface area (Å²) in [5.41, 5.74) is 0. The van der Waals surface area contributed by atoms with Crippen LogP contribution in [0.5, 0.6) is 0 Å². The normalized spacial score (nSPS) is 18.1. The zero-order valence-electron chi connectivity index (χ0n) is 13.8. The second-order valence-corrected chi connectivity index (χ2v) is 5.59. The average Bonchev–Trinajstić information content (AvgIpc) is 2.39. The maximum absolute atomic E-state index is 12.2. The Morgan fingerprint density at radius 3 is 2.33 bits per heavy atom. The summed E-state index contributed by atoms with van der Waals surface area (Å²) >= 11 is 0. The van der Waals surface area contributed by atoms with E-state index in [2.05, 4.69) is 31.0 Å². The van der Waals surface area contributed by atoms with Gasteiger partial charge in [0.15, 0.2) is 0 Å². The number of halogens is 2. The third-order valence-electron chi connectivity index (χ3n) is 3.77. The fraction of sp³-hybridized carbons (Fsp3) is 0.933. The molecule has 4 nitrogen and oxygen atoms in total. The van der Waals surface area contributed by atoms with Crippen LogP contribution in [0.2, 0.25) is 0 Å². The van der Waals surface area contributed by atoms with Crippen molar-refractivity contribution < 1.29 is 4.79 Å². The molecule has 0 aromatic rings. The van der Waals surface area contributed by atoms with E-state index in [4.69, 9.17) is 0 Å². The summed E-state index contributed by atoms with van der Waals surface area (Å²) in [7, 11) is 0. The standard InChI is InChI=1S/C15H31N3O.2ClH/c1-4-9-17(10-5-2)11-6-7-15(19)18-12-8-16-13-14(18)3;;/h14,16H,4-13H2,1-3H3;2*1H. The van der Waals surface area contributed by atoms with Crippen molar-refractivity contribution in [3.63, 3.8) is 0 Å². The van der Waals surface area contributed by atoms with Crippen LogP contribution < -0.4 is 5.32 Å². The number of carbonyl (C=O) groups is 1. The van der Waals surface area contributed by atoms with Crippen molar-refractivity contribution in [3.05, 3.63) is 0 Å². The number of hydrogen-bond donors (Lipinski definition) is 1. The summed E-state index contributed by atoms with van der Waals surface area (Å²) in [6.07, 6.45) is 4.09. The zero-order chi connectivity index (χ0) is 14.1. The number of rotatable bonds is 8. The maximum atomic E-state index is 12.2. The van der Waals surface area contributed by atoms with Gasteiger partial charge >= 0.3 is 0 Å². The molecular formula is C15H33Cl2N3O. The van der Waals surface area contributed by atoms with Gasteiger partial charge in [-0.2, -0.15) is 0 Å². The predicted molar refractivity (Wildman–Crippen MR) is 94.8 cm³/mol. The molecule has 1 unspecified atom stereocenters. The number of amides is 1. The fourth-order valence-corrected chi connectivity index (χ4v) is 2.78. The molecule has 1 heterocycles. The molecule has 1 atom stereocenters. The molecule has 0 aromatic heterocycles. The molecule has 0 aromatic carbocycles. The molecule has 0 spiro atoms. The van der Waals surface area contributed by atoms with Gasteiger partial charge < -0.3 is 15.1 Å². The molecule has 0 radical (unpaired) electrons. The Bertz CT molecular complexity index is 261. The van der Waals surface area contributed by atoms with Gasteiger partial charge in [-0.25, -0.2) is 0 Å². The summed E-state index contributed by atoms with van der Waals surface area (Å²) in [6, 6.07) is 0.351. The first-order valence-corrected chi connectivity index (χ1v) is 7.91. The minimum Gasteiger partial charge on any atom is -0.337 e. The van der Waals surface area contributed by atoms with Gasteiger partial charge in [0.2, 0.25) is 5.91 Å². The quantitative estimate of drug-likeness (QED) is 0.736. The molecule has 6 heteroatoms. The first-order valence-electron chi connectivity index (χ1n) is 7.91. The van der Waals surface area contributed by atoms with E-state index in [1.165, 1.54) is 12.8 Å². The Morgan fingerprint density at radius 2 is 1.81 bits per heavy atom. The third-order valence-corrected chi connectivity index (χ3v) is 3.77. The van der Waals surface area contributed by atoms with Crippen LogP contribution in [-0.4, -0.2) is 61.0 Å². The van der Waals surface area contributed by atoms with Crippen molar-refractivity contribution in [1.82, 2.24) is 15.1 Å². The summed E-state index contributed by atoms with van der Waals surface area (Å²) in [6.45, 7) is 12.7. The SMILES string of the molecule is CCCN(CCC)CCCC(=O)N1CCNCC1C.Cl.Cl. The van der Waals surface area contributed by atoms with E-state index in [-0.39, 0.29) is 24.8 Å². The fourth-order valence-electron chi connectivity index (χ4n) is 2.78. The summed E-state index contributed by atoms with van der Waals surface area (Å²) in [5, 5.41) is 3.33. The van der Waals surface area contributed by atoms with Crippen LogP contribution in [0, 0.1) is 0 Å². The van der Waals surface area contributed by atoms with Crippen molar-refractivity contribution >= 4 is 30.7 Å². The number of piperazine rings is 1. The molecule has 1 fully saturated rings. The van der Waals surface area contributed by atoms with E-state index in [0.717, 1.165) is 45.7 Å². The second kappa shape index (κ2) is 13.6. The highest BCUT2D eigenvalue weighted by molar-refractivity contribution is 5.85. The molecule has 1 N–H and O–H groups in total. The molecule has 0 saturated carbocycles. The molecule has 1 rings (SSSR count). The third kappa shape index (κ3) is 8.87. The lowest BCUT2D eigenvalue weighted by atomic mass is 10.1. The second-order valence-electron chi connectivity index (χ2n) is 5.59. The average molecular weight is 342 g/mol. The maximum Gasteiger partial charge on any atom is 0.222 e. The van der Waals surface area contributed by atoms with Gasteiger partial charge in [-0.3, -0.25) is 4.79 Å². The van der Waals surface area contributed by atoms with E-state index < -0.39 is 0 Å². The first-order chi connectivity index (χ1) is 9.19. The van der Waals surface area contributed by atoms with Crippen LogP contribution in [0.3, 0.4) is 0 Å². The van der Waals surface area contributed by atoms with Gasteiger partial charge in [-0.05, 0) is 45.8 Å². The highest BCUT2D eigenvalue weighted by Gasteiger charge is 2.22. The van der Waals surface area contributed by atoms with Crippen LogP contribution >= 0.6 is 24.8 Å². The van der Waals surface area contributed by atoms with Crippen LogP contribution in [-0.2, 0) is 4.79 Å². The van der Waals surface area contributed by atoms with Gasteiger partial charge in [-0.1, -0.05) is 13.8 Å². The van der Waals surface area contributed by atoms with Crippen molar-refractivity contribution in [2.75, 3.05) is 39.3 Å². The van der Waals surface area contributed by atoms with E-state index in [9.17, 15) is 4.79 Å². The first kappa shape index (κ1) is 23.2. The highest BCUT2D eigenvalue weighted by atomic mass is 35.5. The zero-order valence-corrected chi connectivity index (χ0v) is 15.4. The van der Waals surface area contributed by atoms with Crippen molar-refractivity contribution in [2.24, 2.45) is 0 Å². The van der Waals surface area contributed by atoms with E-state index in [1.807, 2.05) is 4.90 Å². The number of carbonyl (C=O) groups excluding carboxylic acids is 1. The Kier molecular flexibility index (Phi) is 15.1. The molecule has 0 bridgehead atoms. The lowest BCUT2D eigenvalue weighted by Gasteiger charge is -2.34. The minimum atomic E-state index is 0. The topological polar surface area (TPSA) is 35.6 Å².